The number of benzene rings is 2. The molecule has 0 bridgehead atoms. The number of anilines is 1. The number of hydrogen-bond donors (Lipinski definition) is 1. The van der Waals surface area contributed by atoms with E-state index in [4.69, 9.17) is 9.57 Å². The molecule has 0 saturated carbocycles. The second kappa shape index (κ2) is 12.0. The number of oxime groups is 1. The number of hydrogen-bond acceptors (Lipinski definition) is 5. The third-order valence-corrected chi connectivity index (χ3v) is 5.46. The van der Waals surface area contributed by atoms with E-state index in [2.05, 4.69) is 16.5 Å². The number of nitrogens with zero attached hydrogens (tertiary/aromatic N) is 1. The van der Waals surface area contributed by atoms with Crippen LogP contribution in [0.15, 0.2) is 47.6 Å². The van der Waals surface area contributed by atoms with Crippen molar-refractivity contribution in [3.05, 3.63) is 64.7 Å². The van der Waals surface area contributed by atoms with Crippen molar-refractivity contribution in [1.82, 2.24) is 0 Å². The van der Waals surface area contributed by atoms with Crippen LogP contribution in [0, 0.1) is 5.92 Å². The van der Waals surface area contributed by atoms with Crippen molar-refractivity contribution >= 4 is 23.8 Å². The molecule has 6 heteroatoms. The van der Waals surface area contributed by atoms with E-state index >= 15 is 0 Å². The molecule has 170 valence electrons. The molecule has 1 N–H and O–H groups in total. The molecule has 2 aromatic carbocycles. The lowest BCUT2D eigenvalue weighted by Gasteiger charge is -2.24. The summed E-state index contributed by atoms with van der Waals surface area (Å²) >= 11 is 0. The summed E-state index contributed by atoms with van der Waals surface area (Å²) in [6.45, 7) is 5.08. The molecule has 0 spiro atoms. The van der Waals surface area contributed by atoms with Gasteiger partial charge in [-0.05, 0) is 79.0 Å². The molecule has 3 rings (SSSR count). The zero-order valence-electron chi connectivity index (χ0n) is 18.9. The third-order valence-electron chi connectivity index (χ3n) is 5.46. The number of amides is 1. The molecule has 1 atom stereocenters. The molecule has 1 unspecified atom stereocenters. The van der Waals surface area contributed by atoms with E-state index in [-0.39, 0.29) is 17.8 Å². The van der Waals surface area contributed by atoms with E-state index < -0.39 is 0 Å². The number of carbonyl (C=O) groups excluding carboxylic acids is 2. The average molecular weight is 437 g/mol. The maximum Gasteiger partial charge on any atom is 0.306 e. The van der Waals surface area contributed by atoms with Crippen LogP contribution in [0.1, 0.15) is 66.6 Å². The maximum absolute atomic E-state index is 12.7. The van der Waals surface area contributed by atoms with Crippen LogP contribution in [0.4, 0.5) is 5.69 Å². The van der Waals surface area contributed by atoms with Crippen molar-refractivity contribution in [1.29, 1.82) is 0 Å². The molecule has 0 aromatic heterocycles. The van der Waals surface area contributed by atoms with Crippen LogP contribution in [0.5, 0.6) is 0 Å². The van der Waals surface area contributed by atoms with E-state index in [1.54, 1.807) is 18.3 Å². The van der Waals surface area contributed by atoms with Gasteiger partial charge in [0.05, 0.1) is 12.8 Å². The Hall–Kier alpha value is -3.15. The molecular formula is C26H32N2O4. The van der Waals surface area contributed by atoms with Gasteiger partial charge in [-0.2, -0.15) is 0 Å². The standard InChI is InChI=1S/C26H32N2O4/c1-3-13-31-25(29)16-20-7-8-21-11-12-24(17-23(21)15-20)28-26(30)22-9-5-19(6-10-22)18-27-32-14-4-2/h5-6,9-12,17-18,20H,3-4,7-8,13-16H2,1-2H3,(H,28,30). The van der Waals surface area contributed by atoms with Gasteiger partial charge in [0.25, 0.3) is 5.91 Å². The van der Waals surface area contributed by atoms with Gasteiger partial charge in [0.15, 0.2) is 0 Å². The molecule has 0 heterocycles. The molecule has 1 aliphatic rings. The van der Waals surface area contributed by atoms with Gasteiger partial charge in [0.1, 0.15) is 6.61 Å². The highest BCUT2D eigenvalue weighted by molar-refractivity contribution is 6.04. The molecule has 6 nitrogen and oxygen atoms in total. The molecule has 0 aliphatic heterocycles. The van der Waals surface area contributed by atoms with Gasteiger partial charge in [0, 0.05) is 17.7 Å². The molecule has 1 aliphatic carbocycles. The molecular weight excluding hydrogens is 404 g/mol. The van der Waals surface area contributed by atoms with Crippen LogP contribution in [0.2, 0.25) is 0 Å². The summed E-state index contributed by atoms with van der Waals surface area (Å²) in [5.74, 6) is 0.00896. The van der Waals surface area contributed by atoms with Crippen LogP contribution in [0.3, 0.4) is 0 Å². The fourth-order valence-electron chi connectivity index (χ4n) is 3.76. The monoisotopic (exact) mass is 436 g/mol. The van der Waals surface area contributed by atoms with Crippen LogP contribution < -0.4 is 5.32 Å². The van der Waals surface area contributed by atoms with E-state index in [1.165, 1.54) is 11.1 Å². The van der Waals surface area contributed by atoms with Crippen LogP contribution in [-0.2, 0) is 27.2 Å². The Morgan fingerprint density at radius 3 is 2.59 bits per heavy atom. The predicted molar refractivity (Wildman–Crippen MR) is 126 cm³/mol. The first-order valence-corrected chi connectivity index (χ1v) is 11.4. The van der Waals surface area contributed by atoms with Crippen molar-refractivity contribution in [2.24, 2.45) is 11.1 Å². The first-order chi connectivity index (χ1) is 15.6. The fraction of sp³-hybridized carbons (Fsp3) is 0.423. The molecule has 0 fully saturated rings. The van der Waals surface area contributed by atoms with Gasteiger partial charge in [-0.15, -0.1) is 0 Å². The lowest BCUT2D eigenvalue weighted by molar-refractivity contribution is -0.144. The fourth-order valence-corrected chi connectivity index (χ4v) is 3.76. The molecule has 32 heavy (non-hydrogen) atoms. The summed E-state index contributed by atoms with van der Waals surface area (Å²) in [5.41, 5.74) is 4.69. The number of carbonyl (C=O) groups is 2. The summed E-state index contributed by atoms with van der Waals surface area (Å²) in [7, 11) is 0. The summed E-state index contributed by atoms with van der Waals surface area (Å²) < 4.78 is 5.24. The lowest BCUT2D eigenvalue weighted by atomic mass is 9.82. The normalized spacial score (nSPS) is 15.2. The molecule has 0 radical (unpaired) electrons. The van der Waals surface area contributed by atoms with Crippen molar-refractivity contribution in [2.75, 3.05) is 18.5 Å². The van der Waals surface area contributed by atoms with E-state index in [0.29, 0.717) is 25.2 Å². The van der Waals surface area contributed by atoms with Crippen LogP contribution in [0.25, 0.3) is 0 Å². The Labute approximate surface area is 190 Å². The van der Waals surface area contributed by atoms with Crippen molar-refractivity contribution < 1.29 is 19.2 Å². The maximum atomic E-state index is 12.7. The molecule has 0 saturated heterocycles. The zero-order valence-corrected chi connectivity index (χ0v) is 18.9. The summed E-state index contributed by atoms with van der Waals surface area (Å²) in [5, 5.41) is 6.88. The van der Waals surface area contributed by atoms with Gasteiger partial charge < -0.3 is 14.9 Å². The van der Waals surface area contributed by atoms with E-state index in [1.807, 2.05) is 38.1 Å². The zero-order chi connectivity index (χ0) is 22.8. The van der Waals surface area contributed by atoms with Crippen LogP contribution in [-0.4, -0.2) is 31.3 Å². The Kier molecular flexibility index (Phi) is 8.84. The molecule has 2 aromatic rings. The Morgan fingerprint density at radius 1 is 1.06 bits per heavy atom. The first kappa shape index (κ1) is 23.5. The minimum atomic E-state index is -0.161. The van der Waals surface area contributed by atoms with Gasteiger partial charge >= 0.3 is 5.97 Å². The van der Waals surface area contributed by atoms with Crippen molar-refractivity contribution in [3.63, 3.8) is 0 Å². The quantitative estimate of drug-likeness (QED) is 0.242. The Balaban J connectivity index is 1.58. The number of rotatable bonds is 10. The predicted octanol–water partition coefficient (Wildman–Crippen LogP) is 5.15. The minimum absolute atomic E-state index is 0.116. The summed E-state index contributed by atoms with van der Waals surface area (Å²) in [6.07, 6.45) is 6.59. The lowest BCUT2D eigenvalue weighted by Crippen LogP contribution is -2.20. The number of ether oxygens (including phenoxy) is 1. The average Bonchev–Trinajstić information content (AvgIpc) is 2.80. The third kappa shape index (κ3) is 6.94. The minimum Gasteiger partial charge on any atom is -0.466 e. The van der Waals surface area contributed by atoms with E-state index in [0.717, 1.165) is 43.4 Å². The van der Waals surface area contributed by atoms with Crippen LogP contribution >= 0.6 is 0 Å². The SMILES string of the molecule is CCCON=Cc1ccc(C(=O)Nc2ccc3c(c2)CC(CC(=O)OCCC)CC3)cc1. The van der Waals surface area contributed by atoms with Gasteiger partial charge in [0.2, 0.25) is 0 Å². The highest BCUT2D eigenvalue weighted by Crippen LogP contribution is 2.30. The van der Waals surface area contributed by atoms with Crippen molar-refractivity contribution in [3.8, 4) is 0 Å². The number of fused-ring (bicyclic) bond motifs is 1. The largest absolute Gasteiger partial charge is 0.466 e. The Morgan fingerprint density at radius 2 is 1.84 bits per heavy atom. The number of esters is 1. The number of aryl methyl sites for hydroxylation is 1. The second-order valence-electron chi connectivity index (χ2n) is 8.16. The highest BCUT2D eigenvalue weighted by atomic mass is 16.6. The van der Waals surface area contributed by atoms with E-state index in [9.17, 15) is 9.59 Å². The van der Waals surface area contributed by atoms with Gasteiger partial charge in [-0.3, -0.25) is 9.59 Å². The highest BCUT2D eigenvalue weighted by Gasteiger charge is 2.22. The smallest absolute Gasteiger partial charge is 0.306 e. The topological polar surface area (TPSA) is 77.0 Å². The number of nitrogens with one attached hydrogen (secondary N) is 1. The van der Waals surface area contributed by atoms with Gasteiger partial charge in [-0.25, -0.2) is 0 Å². The first-order valence-electron chi connectivity index (χ1n) is 11.4. The Bertz CT molecular complexity index is 937. The summed E-state index contributed by atoms with van der Waals surface area (Å²) in [6, 6.07) is 13.3. The summed E-state index contributed by atoms with van der Waals surface area (Å²) in [4.78, 5) is 29.7. The van der Waals surface area contributed by atoms with Gasteiger partial charge in [-0.1, -0.05) is 37.2 Å². The second-order valence-corrected chi connectivity index (χ2v) is 8.16. The van der Waals surface area contributed by atoms with Crippen molar-refractivity contribution in [2.45, 2.75) is 52.4 Å². The molecule has 1 amide bonds.